The van der Waals surface area contributed by atoms with E-state index >= 15 is 0 Å². The van der Waals surface area contributed by atoms with Gasteiger partial charge in [-0.15, -0.1) is 0 Å². The van der Waals surface area contributed by atoms with Crippen molar-refractivity contribution in [2.45, 2.75) is 38.2 Å². The van der Waals surface area contributed by atoms with E-state index < -0.39 is 0 Å². The molecule has 5 atom stereocenters. The molecule has 4 aliphatic rings. The molecule has 1 N–H and O–H groups in total. The summed E-state index contributed by atoms with van der Waals surface area (Å²) in [7, 11) is 0. The fourth-order valence-electron chi connectivity index (χ4n) is 4.08. The largest absolute Gasteiger partial charge is 0.390 e. The monoisotopic (exact) mass is 152 g/mol. The van der Waals surface area contributed by atoms with Gasteiger partial charge >= 0.3 is 0 Å². The van der Waals surface area contributed by atoms with Gasteiger partial charge < -0.3 is 5.11 Å². The summed E-state index contributed by atoms with van der Waals surface area (Å²) in [6, 6.07) is 0. The molecule has 5 unspecified atom stereocenters. The van der Waals surface area contributed by atoms with Gasteiger partial charge in [-0.2, -0.15) is 0 Å². The van der Waals surface area contributed by atoms with Crippen LogP contribution in [0.15, 0.2) is 0 Å². The topological polar surface area (TPSA) is 20.2 Å². The second-order valence-electron chi connectivity index (χ2n) is 5.12. The van der Waals surface area contributed by atoms with E-state index in [1.54, 1.807) is 0 Å². The Balaban J connectivity index is 2.00. The highest BCUT2D eigenvalue weighted by Crippen LogP contribution is 2.62. The predicted octanol–water partition coefficient (Wildman–Crippen LogP) is 1.80. The smallest absolute Gasteiger partial charge is 0.0656 e. The van der Waals surface area contributed by atoms with Crippen molar-refractivity contribution in [3.05, 3.63) is 0 Å². The van der Waals surface area contributed by atoms with Crippen molar-refractivity contribution in [1.29, 1.82) is 0 Å². The molecule has 62 valence electrons. The van der Waals surface area contributed by atoms with Crippen molar-refractivity contribution in [2.75, 3.05) is 0 Å². The molecule has 4 saturated carbocycles. The number of hydrogen-bond donors (Lipinski definition) is 1. The lowest BCUT2D eigenvalue weighted by Gasteiger charge is -2.36. The summed E-state index contributed by atoms with van der Waals surface area (Å²) in [6.07, 6.45) is 4.78. The molecule has 0 radical (unpaired) electrons. The molecule has 0 aromatic heterocycles. The van der Waals surface area contributed by atoms with Gasteiger partial charge in [-0.1, -0.05) is 6.92 Å². The van der Waals surface area contributed by atoms with Crippen LogP contribution in [-0.2, 0) is 0 Å². The summed E-state index contributed by atoms with van der Waals surface area (Å²) in [5.41, 5.74) is -0.204. The Hall–Kier alpha value is -0.0400. The molecule has 4 fully saturated rings. The summed E-state index contributed by atoms with van der Waals surface area (Å²) in [4.78, 5) is 0. The van der Waals surface area contributed by atoms with Gasteiger partial charge in [-0.05, 0) is 49.4 Å². The van der Waals surface area contributed by atoms with Gasteiger partial charge in [-0.3, -0.25) is 0 Å². The minimum atomic E-state index is -0.204. The van der Waals surface area contributed by atoms with Crippen molar-refractivity contribution in [3.8, 4) is 0 Å². The first-order valence-electron chi connectivity index (χ1n) is 4.90. The lowest BCUT2D eigenvalue weighted by Crippen LogP contribution is -2.36. The first-order chi connectivity index (χ1) is 5.18. The summed E-state index contributed by atoms with van der Waals surface area (Å²) in [5.74, 6) is 3.58. The van der Waals surface area contributed by atoms with E-state index in [2.05, 4.69) is 6.92 Å². The molecule has 0 aromatic carbocycles. The molecule has 4 aliphatic carbocycles. The van der Waals surface area contributed by atoms with Crippen LogP contribution in [0.2, 0.25) is 0 Å². The Kier molecular flexibility index (Phi) is 0.976. The van der Waals surface area contributed by atoms with Gasteiger partial charge in [0.15, 0.2) is 0 Å². The molecule has 0 heterocycles. The van der Waals surface area contributed by atoms with E-state index in [1.807, 2.05) is 0 Å². The van der Waals surface area contributed by atoms with E-state index in [4.69, 9.17) is 0 Å². The van der Waals surface area contributed by atoms with Crippen LogP contribution < -0.4 is 0 Å². The average molecular weight is 152 g/mol. The molecule has 4 rings (SSSR count). The van der Waals surface area contributed by atoms with Crippen LogP contribution in [0.3, 0.4) is 0 Å². The third-order valence-corrected chi connectivity index (χ3v) is 4.53. The highest BCUT2D eigenvalue weighted by Gasteiger charge is 2.58. The van der Waals surface area contributed by atoms with Gasteiger partial charge in [0.1, 0.15) is 0 Å². The maximum Gasteiger partial charge on any atom is 0.0656 e. The van der Waals surface area contributed by atoms with Gasteiger partial charge in [0.05, 0.1) is 5.60 Å². The molecule has 0 aromatic rings. The van der Waals surface area contributed by atoms with Crippen molar-refractivity contribution >= 4 is 0 Å². The van der Waals surface area contributed by atoms with Crippen LogP contribution in [-0.4, -0.2) is 10.7 Å². The molecule has 0 aliphatic heterocycles. The second-order valence-corrected chi connectivity index (χ2v) is 5.12. The minimum absolute atomic E-state index is 0.204. The predicted molar refractivity (Wildman–Crippen MR) is 43.1 cm³/mol. The zero-order valence-corrected chi connectivity index (χ0v) is 7.09. The molecular weight excluding hydrogens is 136 g/mol. The molecule has 11 heavy (non-hydrogen) atoms. The first-order valence-corrected chi connectivity index (χ1v) is 4.90. The van der Waals surface area contributed by atoms with Crippen molar-refractivity contribution < 1.29 is 5.11 Å². The highest BCUT2D eigenvalue weighted by molar-refractivity contribution is 5.08. The third-order valence-electron chi connectivity index (χ3n) is 4.53. The van der Waals surface area contributed by atoms with E-state index in [1.165, 1.54) is 6.42 Å². The first kappa shape index (κ1) is 6.47. The quantitative estimate of drug-likeness (QED) is 0.561. The number of hydrogen-bond acceptors (Lipinski definition) is 1. The van der Waals surface area contributed by atoms with E-state index in [0.29, 0.717) is 0 Å². The minimum Gasteiger partial charge on any atom is -0.390 e. The van der Waals surface area contributed by atoms with Crippen LogP contribution in [0.5, 0.6) is 0 Å². The highest BCUT2D eigenvalue weighted by atomic mass is 16.3. The summed E-state index contributed by atoms with van der Waals surface area (Å²) in [5, 5.41) is 10.0. The van der Waals surface area contributed by atoms with Crippen molar-refractivity contribution in [3.63, 3.8) is 0 Å². The van der Waals surface area contributed by atoms with E-state index in [9.17, 15) is 5.11 Å². The Bertz CT molecular complexity index is 197. The normalized spacial score (nSPS) is 66.0. The lowest BCUT2D eigenvalue weighted by molar-refractivity contribution is -0.0241. The number of rotatable bonds is 0. The number of aliphatic hydroxyl groups is 1. The second kappa shape index (κ2) is 1.66. The van der Waals surface area contributed by atoms with Crippen LogP contribution in [0.4, 0.5) is 0 Å². The molecular formula is C10H16O. The van der Waals surface area contributed by atoms with Crippen LogP contribution in [0, 0.1) is 23.7 Å². The van der Waals surface area contributed by atoms with Gasteiger partial charge in [-0.25, -0.2) is 0 Å². The molecule has 0 amide bonds. The molecule has 1 nitrogen and oxygen atoms in total. The molecule has 1 heteroatoms. The third kappa shape index (κ3) is 0.658. The lowest BCUT2D eigenvalue weighted by atomic mass is 9.74. The van der Waals surface area contributed by atoms with Crippen LogP contribution in [0.1, 0.15) is 32.6 Å². The van der Waals surface area contributed by atoms with E-state index in [-0.39, 0.29) is 5.60 Å². The van der Waals surface area contributed by atoms with Crippen molar-refractivity contribution in [1.82, 2.24) is 0 Å². The SMILES string of the molecule is CC1C2CC3CC(O)(C2)CC31. The summed E-state index contributed by atoms with van der Waals surface area (Å²) in [6.45, 7) is 2.39. The Labute approximate surface area is 67.8 Å². The van der Waals surface area contributed by atoms with Crippen molar-refractivity contribution in [2.24, 2.45) is 23.7 Å². The zero-order valence-electron chi connectivity index (χ0n) is 7.09. The van der Waals surface area contributed by atoms with E-state index in [0.717, 1.165) is 42.9 Å². The Morgan fingerprint density at radius 2 is 1.91 bits per heavy atom. The summed E-state index contributed by atoms with van der Waals surface area (Å²) < 4.78 is 0. The zero-order chi connectivity index (χ0) is 7.64. The Morgan fingerprint density at radius 3 is 2.55 bits per heavy atom. The Morgan fingerprint density at radius 1 is 1.18 bits per heavy atom. The fourth-order valence-corrected chi connectivity index (χ4v) is 4.08. The van der Waals surface area contributed by atoms with Crippen LogP contribution in [0.25, 0.3) is 0 Å². The molecule has 4 bridgehead atoms. The molecule has 0 spiro atoms. The summed E-state index contributed by atoms with van der Waals surface area (Å²) >= 11 is 0. The maximum atomic E-state index is 10.0. The van der Waals surface area contributed by atoms with Gasteiger partial charge in [0.2, 0.25) is 0 Å². The fraction of sp³-hybridized carbons (Fsp3) is 1.00. The maximum absolute atomic E-state index is 10.0. The van der Waals surface area contributed by atoms with Crippen LogP contribution >= 0.6 is 0 Å². The van der Waals surface area contributed by atoms with Gasteiger partial charge in [0, 0.05) is 0 Å². The molecule has 0 saturated heterocycles. The standard InChI is InChI=1S/C10H16O/c1-6-7-2-8-4-10(11,3-7)5-9(6)8/h6-9,11H,2-5H2,1H3. The average Bonchev–Trinajstić information content (AvgIpc) is 2.27. The van der Waals surface area contributed by atoms with Gasteiger partial charge in [0.25, 0.3) is 0 Å².